The van der Waals surface area contributed by atoms with E-state index in [1.807, 2.05) is 56.3 Å². The van der Waals surface area contributed by atoms with Gasteiger partial charge in [0, 0.05) is 12.1 Å². The highest BCUT2D eigenvalue weighted by atomic mass is 32.2. The van der Waals surface area contributed by atoms with Crippen LogP contribution in [-0.2, 0) is 11.2 Å². The standard InChI is InChI=1S/C22H22N6O3S/c1-13-4-7-16(10-14(13)2)23-19(29)12-32-22-26-25-21-24-20(30)18(27-28(21)22)11-15-5-8-17(31-3)9-6-15/h4-10H,11-12H2,1-3H3,(H,23,29)(H,24,25,30). The van der Waals surface area contributed by atoms with Gasteiger partial charge in [0.15, 0.2) is 0 Å². The third-order valence-corrected chi connectivity index (χ3v) is 5.89. The molecule has 10 heteroatoms. The first-order chi connectivity index (χ1) is 15.4. The lowest BCUT2D eigenvalue weighted by Crippen LogP contribution is -2.19. The molecule has 2 aromatic carbocycles. The molecule has 4 rings (SSSR count). The molecule has 9 nitrogen and oxygen atoms in total. The summed E-state index contributed by atoms with van der Waals surface area (Å²) in [6, 6.07) is 13.2. The van der Waals surface area contributed by atoms with Crippen molar-refractivity contribution in [1.82, 2.24) is 24.8 Å². The number of aromatic amines is 1. The summed E-state index contributed by atoms with van der Waals surface area (Å²) in [5.41, 5.74) is 3.93. The number of anilines is 1. The fourth-order valence-corrected chi connectivity index (χ4v) is 3.74. The van der Waals surface area contributed by atoms with Crippen LogP contribution in [-0.4, -0.2) is 43.6 Å². The van der Waals surface area contributed by atoms with E-state index in [0.717, 1.165) is 28.1 Å². The van der Waals surface area contributed by atoms with Crippen LogP contribution in [0.2, 0.25) is 0 Å². The number of methoxy groups -OCH3 is 1. The monoisotopic (exact) mass is 450 g/mol. The molecule has 2 aromatic heterocycles. The second kappa shape index (κ2) is 9.23. The number of aromatic nitrogens is 5. The molecule has 0 aliphatic carbocycles. The number of hydrogen-bond acceptors (Lipinski definition) is 7. The summed E-state index contributed by atoms with van der Waals surface area (Å²) in [5.74, 6) is 0.925. The van der Waals surface area contributed by atoms with Crippen molar-refractivity contribution in [3.05, 3.63) is 75.2 Å². The number of nitrogens with one attached hydrogen (secondary N) is 2. The lowest BCUT2D eigenvalue weighted by atomic mass is 10.1. The van der Waals surface area contributed by atoms with Gasteiger partial charge in [-0.15, -0.1) is 10.2 Å². The van der Waals surface area contributed by atoms with E-state index in [4.69, 9.17) is 4.74 Å². The summed E-state index contributed by atoms with van der Waals surface area (Å²) >= 11 is 1.19. The molecule has 32 heavy (non-hydrogen) atoms. The van der Waals surface area contributed by atoms with Crippen LogP contribution in [0.5, 0.6) is 5.75 Å². The number of aryl methyl sites for hydroxylation is 2. The van der Waals surface area contributed by atoms with Crippen LogP contribution in [0.3, 0.4) is 0 Å². The number of hydrogen-bond donors (Lipinski definition) is 2. The van der Waals surface area contributed by atoms with Crippen molar-refractivity contribution in [2.24, 2.45) is 0 Å². The SMILES string of the molecule is COc1ccc(Cc2nn3c(SCC(=O)Nc4ccc(C)c(C)c4)nnc3[nH]c2=O)cc1. The maximum atomic E-state index is 12.4. The van der Waals surface area contributed by atoms with E-state index in [1.54, 1.807) is 7.11 Å². The Labute approximate surface area is 188 Å². The molecule has 0 saturated heterocycles. The van der Waals surface area contributed by atoms with Crippen molar-refractivity contribution < 1.29 is 9.53 Å². The summed E-state index contributed by atoms with van der Waals surface area (Å²) in [5, 5.41) is 15.7. The Kier molecular flexibility index (Phi) is 6.22. The van der Waals surface area contributed by atoms with Crippen LogP contribution in [0.4, 0.5) is 5.69 Å². The fourth-order valence-electron chi connectivity index (χ4n) is 3.06. The van der Waals surface area contributed by atoms with E-state index in [9.17, 15) is 9.59 Å². The molecule has 0 radical (unpaired) electrons. The van der Waals surface area contributed by atoms with Gasteiger partial charge >= 0.3 is 0 Å². The summed E-state index contributed by atoms with van der Waals surface area (Å²) in [4.78, 5) is 27.5. The van der Waals surface area contributed by atoms with Crippen LogP contribution >= 0.6 is 11.8 Å². The van der Waals surface area contributed by atoms with Gasteiger partial charge in [-0.2, -0.15) is 9.61 Å². The van der Waals surface area contributed by atoms with Crippen molar-refractivity contribution in [1.29, 1.82) is 0 Å². The molecule has 4 aromatic rings. The number of carbonyl (C=O) groups is 1. The van der Waals surface area contributed by atoms with E-state index < -0.39 is 0 Å². The van der Waals surface area contributed by atoms with Crippen LogP contribution in [0.15, 0.2) is 52.4 Å². The Hall–Kier alpha value is -3.66. The number of fused-ring (bicyclic) bond motifs is 1. The van der Waals surface area contributed by atoms with E-state index in [2.05, 4.69) is 25.6 Å². The van der Waals surface area contributed by atoms with Crippen LogP contribution in [0, 0.1) is 13.8 Å². The number of benzene rings is 2. The van der Waals surface area contributed by atoms with Gasteiger partial charge in [-0.05, 0) is 54.8 Å². The zero-order chi connectivity index (χ0) is 22.7. The molecule has 0 aliphatic rings. The van der Waals surface area contributed by atoms with Crippen molar-refractivity contribution in [3.8, 4) is 5.75 Å². The molecular formula is C22H22N6O3S. The van der Waals surface area contributed by atoms with Gasteiger partial charge < -0.3 is 10.1 Å². The predicted molar refractivity (Wildman–Crippen MR) is 122 cm³/mol. The molecule has 0 atom stereocenters. The molecule has 0 bridgehead atoms. The van der Waals surface area contributed by atoms with E-state index in [0.29, 0.717) is 17.3 Å². The normalized spacial score (nSPS) is 11.0. The molecule has 2 N–H and O–H groups in total. The molecule has 2 heterocycles. The highest BCUT2D eigenvalue weighted by Gasteiger charge is 2.14. The molecule has 0 unspecified atom stereocenters. The van der Waals surface area contributed by atoms with Crippen LogP contribution < -0.4 is 15.6 Å². The Morgan fingerprint density at radius 3 is 2.62 bits per heavy atom. The van der Waals surface area contributed by atoms with Gasteiger partial charge in [-0.1, -0.05) is 30.0 Å². The fraction of sp³-hybridized carbons (Fsp3) is 0.227. The number of amides is 1. The van der Waals surface area contributed by atoms with Gasteiger partial charge in [-0.25, -0.2) is 0 Å². The zero-order valence-corrected chi connectivity index (χ0v) is 18.7. The van der Waals surface area contributed by atoms with Gasteiger partial charge in [0.2, 0.25) is 11.1 Å². The van der Waals surface area contributed by atoms with Gasteiger partial charge in [0.1, 0.15) is 11.4 Å². The van der Waals surface area contributed by atoms with E-state index in [-0.39, 0.29) is 23.0 Å². The molecule has 0 fully saturated rings. The number of rotatable bonds is 7. The minimum Gasteiger partial charge on any atom is -0.497 e. The summed E-state index contributed by atoms with van der Waals surface area (Å²) < 4.78 is 6.61. The second-order valence-corrected chi connectivity index (χ2v) is 8.22. The minimum absolute atomic E-state index is 0.127. The Bertz CT molecular complexity index is 1330. The Morgan fingerprint density at radius 2 is 1.91 bits per heavy atom. The number of carbonyl (C=O) groups excluding carboxylic acids is 1. The van der Waals surface area contributed by atoms with Gasteiger partial charge in [-0.3, -0.25) is 14.6 Å². The molecular weight excluding hydrogens is 428 g/mol. The predicted octanol–water partition coefficient (Wildman–Crippen LogP) is 2.76. The highest BCUT2D eigenvalue weighted by molar-refractivity contribution is 7.99. The first kappa shape index (κ1) is 21.6. The molecule has 0 aliphatic heterocycles. The lowest BCUT2D eigenvalue weighted by molar-refractivity contribution is -0.113. The number of nitrogens with zero attached hydrogens (tertiary/aromatic N) is 4. The molecule has 0 saturated carbocycles. The van der Waals surface area contributed by atoms with E-state index in [1.165, 1.54) is 16.3 Å². The molecule has 164 valence electrons. The summed E-state index contributed by atoms with van der Waals surface area (Å²) in [6.45, 7) is 4.02. The topological polar surface area (TPSA) is 114 Å². The first-order valence-corrected chi connectivity index (χ1v) is 10.9. The second-order valence-electron chi connectivity index (χ2n) is 7.28. The Balaban J connectivity index is 1.48. The minimum atomic E-state index is -0.329. The number of thioether (sulfide) groups is 1. The summed E-state index contributed by atoms with van der Waals surface area (Å²) in [6.07, 6.45) is 0.338. The maximum absolute atomic E-state index is 12.4. The smallest absolute Gasteiger partial charge is 0.274 e. The van der Waals surface area contributed by atoms with Crippen LogP contribution in [0.1, 0.15) is 22.4 Å². The van der Waals surface area contributed by atoms with E-state index >= 15 is 0 Å². The van der Waals surface area contributed by atoms with Crippen molar-refractivity contribution in [2.75, 3.05) is 18.2 Å². The summed E-state index contributed by atoms with van der Waals surface area (Å²) in [7, 11) is 1.60. The zero-order valence-electron chi connectivity index (χ0n) is 17.9. The lowest BCUT2D eigenvalue weighted by Gasteiger charge is -2.07. The highest BCUT2D eigenvalue weighted by Crippen LogP contribution is 2.18. The van der Waals surface area contributed by atoms with Gasteiger partial charge in [0.25, 0.3) is 11.3 Å². The Morgan fingerprint density at radius 1 is 1.12 bits per heavy atom. The average molecular weight is 451 g/mol. The first-order valence-electron chi connectivity index (χ1n) is 9.90. The molecule has 1 amide bonds. The number of ether oxygens (including phenoxy) is 1. The third-order valence-electron chi connectivity index (χ3n) is 4.97. The third kappa shape index (κ3) is 4.80. The average Bonchev–Trinajstić information content (AvgIpc) is 3.17. The van der Waals surface area contributed by atoms with Crippen molar-refractivity contribution in [2.45, 2.75) is 25.4 Å². The molecule has 0 spiro atoms. The van der Waals surface area contributed by atoms with Crippen LogP contribution in [0.25, 0.3) is 5.78 Å². The van der Waals surface area contributed by atoms with Gasteiger partial charge in [0.05, 0.1) is 12.9 Å². The van der Waals surface area contributed by atoms with Crippen molar-refractivity contribution >= 4 is 29.1 Å². The number of H-pyrrole nitrogens is 1. The van der Waals surface area contributed by atoms with Crippen molar-refractivity contribution in [3.63, 3.8) is 0 Å². The largest absolute Gasteiger partial charge is 0.497 e. The maximum Gasteiger partial charge on any atom is 0.274 e. The quantitative estimate of drug-likeness (QED) is 0.416.